The van der Waals surface area contributed by atoms with Crippen LogP contribution in [0.25, 0.3) is 0 Å². The third kappa shape index (κ3) is 6.23. The number of carbonyl (C=O) groups is 2. The highest BCUT2D eigenvalue weighted by molar-refractivity contribution is 7.89. The Balaban J connectivity index is 1.54. The van der Waals surface area contributed by atoms with Crippen LogP contribution in [-0.2, 0) is 10.0 Å². The van der Waals surface area contributed by atoms with Crippen molar-refractivity contribution >= 4 is 39.1 Å². The first-order valence-electron chi connectivity index (χ1n) is 12.4. The van der Waals surface area contributed by atoms with E-state index in [0.717, 1.165) is 51.4 Å². The summed E-state index contributed by atoms with van der Waals surface area (Å²) in [6, 6.07) is 11.1. The molecule has 7 nitrogen and oxygen atoms in total. The van der Waals surface area contributed by atoms with Gasteiger partial charge in [0.1, 0.15) is 0 Å². The topological polar surface area (TPSA) is 95.6 Å². The summed E-state index contributed by atoms with van der Waals surface area (Å²) < 4.78 is 27.9. The third-order valence-electron chi connectivity index (χ3n) is 6.75. The lowest BCUT2D eigenvalue weighted by atomic mass is 9.95. The molecule has 4 rings (SSSR count). The highest BCUT2D eigenvalue weighted by Gasteiger charge is 2.27. The van der Waals surface area contributed by atoms with E-state index in [2.05, 4.69) is 10.6 Å². The zero-order valence-electron chi connectivity index (χ0n) is 19.8. The van der Waals surface area contributed by atoms with E-state index in [4.69, 9.17) is 11.6 Å². The van der Waals surface area contributed by atoms with Crippen molar-refractivity contribution in [1.29, 1.82) is 0 Å². The van der Waals surface area contributed by atoms with Crippen molar-refractivity contribution in [2.45, 2.75) is 68.7 Å². The fourth-order valence-electron chi connectivity index (χ4n) is 4.76. The summed E-state index contributed by atoms with van der Waals surface area (Å²) in [5.74, 6) is -0.808. The second-order valence-electron chi connectivity index (χ2n) is 9.27. The summed E-state index contributed by atoms with van der Waals surface area (Å²) in [5.41, 5.74) is 0.753. The summed E-state index contributed by atoms with van der Waals surface area (Å²) in [5, 5.41) is 5.97. The van der Waals surface area contributed by atoms with Crippen LogP contribution in [0.3, 0.4) is 0 Å². The number of para-hydroxylation sites is 1. The lowest BCUT2D eigenvalue weighted by Gasteiger charge is -2.23. The lowest BCUT2D eigenvalue weighted by Crippen LogP contribution is -2.36. The number of nitrogens with zero attached hydrogens (tertiary/aromatic N) is 1. The van der Waals surface area contributed by atoms with Crippen molar-refractivity contribution in [2.75, 3.05) is 18.4 Å². The molecule has 9 heteroatoms. The van der Waals surface area contributed by atoms with Gasteiger partial charge in [0.15, 0.2) is 0 Å². The van der Waals surface area contributed by atoms with Gasteiger partial charge in [0.05, 0.1) is 26.7 Å². The third-order valence-corrected chi connectivity index (χ3v) is 8.97. The van der Waals surface area contributed by atoms with E-state index in [1.807, 2.05) is 0 Å². The van der Waals surface area contributed by atoms with Crippen LogP contribution in [0.2, 0.25) is 5.02 Å². The van der Waals surface area contributed by atoms with E-state index in [1.54, 1.807) is 24.3 Å². The van der Waals surface area contributed by atoms with E-state index in [-0.39, 0.29) is 27.4 Å². The van der Waals surface area contributed by atoms with Gasteiger partial charge in [0.25, 0.3) is 11.8 Å². The van der Waals surface area contributed by atoms with Crippen LogP contribution in [-0.4, -0.2) is 43.7 Å². The monoisotopic (exact) mass is 517 g/mol. The largest absolute Gasteiger partial charge is 0.349 e. The van der Waals surface area contributed by atoms with E-state index in [9.17, 15) is 18.0 Å². The molecule has 0 aromatic heterocycles. The van der Waals surface area contributed by atoms with Crippen LogP contribution in [0.1, 0.15) is 78.5 Å². The SMILES string of the molecule is O=C(Nc1ccccc1C(=O)NC1CCCCC1)c1cc(S(=O)(=O)N2CCCCCC2)ccc1Cl. The molecule has 0 spiro atoms. The maximum absolute atomic E-state index is 13.2. The normalized spacial score (nSPS) is 18.0. The molecule has 1 saturated carbocycles. The van der Waals surface area contributed by atoms with Crippen molar-refractivity contribution in [3.63, 3.8) is 0 Å². The lowest BCUT2D eigenvalue weighted by molar-refractivity contribution is 0.0928. The fraction of sp³-hybridized carbons (Fsp3) is 0.462. The molecule has 2 aromatic carbocycles. The maximum Gasteiger partial charge on any atom is 0.257 e. The maximum atomic E-state index is 13.2. The number of sulfonamides is 1. The average molecular weight is 518 g/mol. The molecule has 1 saturated heterocycles. The molecule has 35 heavy (non-hydrogen) atoms. The highest BCUT2D eigenvalue weighted by atomic mass is 35.5. The minimum Gasteiger partial charge on any atom is -0.349 e. The number of halogens is 1. The molecule has 2 fully saturated rings. The Kier molecular flexibility index (Phi) is 8.46. The summed E-state index contributed by atoms with van der Waals surface area (Å²) >= 11 is 6.30. The van der Waals surface area contributed by atoms with Gasteiger partial charge < -0.3 is 10.6 Å². The molecular formula is C26H32ClN3O4S. The number of nitrogens with one attached hydrogen (secondary N) is 2. The second kappa shape index (κ2) is 11.5. The van der Waals surface area contributed by atoms with Crippen LogP contribution in [0.5, 0.6) is 0 Å². The van der Waals surface area contributed by atoms with Gasteiger partial charge in [-0.3, -0.25) is 9.59 Å². The van der Waals surface area contributed by atoms with Gasteiger partial charge in [-0.25, -0.2) is 8.42 Å². The quantitative estimate of drug-likeness (QED) is 0.549. The number of amides is 2. The van der Waals surface area contributed by atoms with Gasteiger partial charge in [-0.15, -0.1) is 0 Å². The van der Waals surface area contributed by atoms with Crippen molar-refractivity contribution in [1.82, 2.24) is 9.62 Å². The predicted octanol–water partition coefficient (Wildman–Crippen LogP) is 5.22. The molecule has 1 heterocycles. The van der Waals surface area contributed by atoms with Crippen LogP contribution in [0.15, 0.2) is 47.4 Å². The molecule has 0 bridgehead atoms. The smallest absolute Gasteiger partial charge is 0.257 e. The summed E-state index contributed by atoms with van der Waals surface area (Å²) in [4.78, 5) is 26.1. The Bertz CT molecular complexity index is 1170. The van der Waals surface area contributed by atoms with E-state index >= 15 is 0 Å². The van der Waals surface area contributed by atoms with Crippen molar-refractivity contribution in [3.8, 4) is 0 Å². The zero-order chi connectivity index (χ0) is 24.8. The minimum atomic E-state index is -3.74. The zero-order valence-corrected chi connectivity index (χ0v) is 21.3. The van der Waals surface area contributed by atoms with Crippen molar-refractivity contribution in [2.24, 2.45) is 0 Å². The molecular weight excluding hydrogens is 486 g/mol. The van der Waals surface area contributed by atoms with Gasteiger partial charge >= 0.3 is 0 Å². The first-order chi connectivity index (χ1) is 16.9. The molecule has 188 valence electrons. The Labute approximate surface area is 212 Å². The predicted molar refractivity (Wildman–Crippen MR) is 137 cm³/mol. The number of anilines is 1. The van der Waals surface area contributed by atoms with Gasteiger partial charge in [-0.05, 0) is 56.0 Å². The van der Waals surface area contributed by atoms with Gasteiger partial charge in [-0.2, -0.15) is 4.31 Å². The molecule has 0 atom stereocenters. The number of hydrogen-bond acceptors (Lipinski definition) is 4. The fourth-order valence-corrected chi connectivity index (χ4v) is 6.51. The second-order valence-corrected chi connectivity index (χ2v) is 11.6. The molecule has 2 amide bonds. The van der Waals surface area contributed by atoms with Gasteiger partial charge in [-0.1, -0.05) is 55.8 Å². The summed E-state index contributed by atoms with van der Waals surface area (Å²) in [6.07, 6.45) is 8.94. The van der Waals surface area contributed by atoms with Crippen LogP contribution >= 0.6 is 11.6 Å². The molecule has 0 unspecified atom stereocenters. The first kappa shape index (κ1) is 25.7. The average Bonchev–Trinajstić information content (AvgIpc) is 3.15. The standard InChI is InChI=1S/C26H32ClN3O4S/c27-23-15-14-20(35(33,34)30-16-8-1-2-9-17-30)18-22(23)26(32)29-24-13-7-6-12-21(24)25(31)28-19-10-4-3-5-11-19/h6-7,12-15,18-19H,1-5,8-11,16-17H2,(H,28,31)(H,29,32). The number of benzene rings is 2. The number of rotatable bonds is 6. The Morgan fingerprint density at radius 3 is 2.20 bits per heavy atom. The van der Waals surface area contributed by atoms with Crippen LogP contribution in [0.4, 0.5) is 5.69 Å². The molecule has 2 aromatic rings. The van der Waals surface area contributed by atoms with E-state index in [0.29, 0.717) is 24.3 Å². The number of hydrogen-bond donors (Lipinski definition) is 2. The summed E-state index contributed by atoms with van der Waals surface area (Å²) in [7, 11) is -3.74. The molecule has 1 aliphatic carbocycles. The summed E-state index contributed by atoms with van der Waals surface area (Å²) in [6.45, 7) is 0.936. The van der Waals surface area contributed by atoms with Gasteiger partial charge in [0.2, 0.25) is 10.0 Å². The molecule has 1 aliphatic heterocycles. The molecule has 0 radical (unpaired) electrons. The molecule has 2 N–H and O–H groups in total. The van der Waals surface area contributed by atoms with Crippen LogP contribution in [0, 0.1) is 0 Å². The van der Waals surface area contributed by atoms with E-state index < -0.39 is 15.9 Å². The van der Waals surface area contributed by atoms with Crippen molar-refractivity contribution in [3.05, 3.63) is 58.6 Å². The highest BCUT2D eigenvalue weighted by Crippen LogP contribution is 2.27. The minimum absolute atomic E-state index is 0.0391. The van der Waals surface area contributed by atoms with Crippen LogP contribution < -0.4 is 10.6 Å². The molecule has 2 aliphatic rings. The first-order valence-corrected chi connectivity index (χ1v) is 14.2. The number of carbonyl (C=O) groups excluding carboxylic acids is 2. The Morgan fingerprint density at radius 2 is 1.49 bits per heavy atom. The Morgan fingerprint density at radius 1 is 0.829 bits per heavy atom. The van der Waals surface area contributed by atoms with E-state index in [1.165, 1.54) is 28.9 Å². The Hall–Kier alpha value is -2.42. The van der Waals surface area contributed by atoms with Crippen molar-refractivity contribution < 1.29 is 18.0 Å². The van der Waals surface area contributed by atoms with Gasteiger partial charge in [0, 0.05) is 19.1 Å².